The molecule has 0 fully saturated rings. The van der Waals surface area contributed by atoms with Crippen LogP contribution in [-0.4, -0.2) is 70.8 Å². The average molecular weight is 653 g/mol. The number of sulfonamides is 1. The van der Waals surface area contributed by atoms with Crippen molar-refractivity contribution < 1.29 is 35.3 Å². The van der Waals surface area contributed by atoms with Crippen molar-refractivity contribution in [2.75, 3.05) is 43.5 Å². The lowest BCUT2D eigenvalue weighted by molar-refractivity contribution is 0.103. The number of aryl methyl sites for hydroxylation is 1. The number of furan rings is 1. The summed E-state index contributed by atoms with van der Waals surface area (Å²) in [7, 11) is -7.12. The fourth-order valence-electron chi connectivity index (χ4n) is 4.61. The number of ketones is 1. The standard InChI is InChI=1S/C31H44N2O5S.CH4O3S/c1-5-8-12-29-30(27-23-25(32-39(4,35)36)15-18-28(27)38-29)31(34)24-13-16-26(17-14-24)37-22-11-21-33(19-9-6-2)20-10-7-3;1-5(2,3)4/h13-18,23,32H,5-12,19-22H2,1-4H3;1H3,(H,2,3,4). The van der Waals surface area contributed by atoms with E-state index >= 15 is 0 Å². The molecule has 1 heterocycles. The Morgan fingerprint density at radius 3 is 1.98 bits per heavy atom. The van der Waals surface area contributed by atoms with Crippen LogP contribution in [0.5, 0.6) is 5.75 Å². The highest BCUT2D eigenvalue weighted by atomic mass is 32.2. The van der Waals surface area contributed by atoms with Gasteiger partial charge in [-0.2, -0.15) is 8.42 Å². The number of hydrogen-bond acceptors (Lipinski definition) is 8. The molecule has 0 spiro atoms. The molecule has 246 valence electrons. The molecule has 3 rings (SSSR count). The van der Waals surface area contributed by atoms with Gasteiger partial charge in [-0.05, 0) is 81.2 Å². The van der Waals surface area contributed by atoms with Gasteiger partial charge in [-0.25, -0.2) is 8.42 Å². The molecular formula is C32H48N2O8S2. The van der Waals surface area contributed by atoms with Crippen LogP contribution >= 0.6 is 0 Å². The largest absolute Gasteiger partial charge is 0.494 e. The van der Waals surface area contributed by atoms with Crippen molar-refractivity contribution in [2.45, 2.75) is 72.1 Å². The summed E-state index contributed by atoms with van der Waals surface area (Å²) < 4.78 is 63.9. The van der Waals surface area contributed by atoms with Crippen LogP contribution in [0, 0.1) is 0 Å². The van der Waals surface area contributed by atoms with Crippen molar-refractivity contribution in [3.05, 3.63) is 59.4 Å². The van der Waals surface area contributed by atoms with Gasteiger partial charge >= 0.3 is 0 Å². The number of fused-ring (bicyclic) bond motifs is 1. The topological polar surface area (TPSA) is 143 Å². The van der Waals surface area contributed by atoms with Gasteiger partial charge in [0, 0.05) is 29.6 Å². The minimum atomic E-state index is -3.67. The highest BCUT2D eigenvalue weighted by Gasteiger charge is 2.22. The van der Waals surface area contributed by atoms with Crippen molar-refractivity contribution in [2.24, 2.45) is 0 Å². The Morgan fingerprint density at radius 1 is 0.864 bits per heavy atom. The van der Waals surface area contributed by atoms with E-state index in [1.165, 1.54) is 25.7 Å². The van der Waals surface area contributed by atoms with E-state index < -0.39 is 20.1 Å². The smallest absolute Gasteiger partial charge is 0.261 e. The van der Waals surface area contributed by atoms with Gasteiger partial charge in [0.1, 0.15) is 17.1 Å². The summed E-state index contributed by atoms with van der Waals surface area (Å²) in [6.07, 6.45) is 10.1. The molecule has 0 saturated carbocycles. The van der Waals surface area contributed by atoms with Gasteiger partial charge in [0.25, 0.3) is 10.1 Å². The fourth-order valence-corrected chi connectivity index (χ4v) is 5.17. The molecule has 0 aliphatic carbocycles. The van der Waals surface area contributed by atoms with Crippen molar-refractivity contribution in [3.8, 4) is 5.75 Å². The van der Waals surface area contributed by atoms with E-state index in [0.29, 0.717) is 52.8 Å². The molecule has 0 atom stereocenters. The predicted molar refractivity (Wildman–Crippen MR) is 177 cm³/mol. The lowest BCUT2D eigenvalue weighted by atomic mass is 9.98. The SMILES string of the molecule is CCCCc1oc2ccc(NS(C)(=O)=O)cc2c1C(=O)c1ccc(OCCCN(CCCC)CCCC)cc1.CS(=O)(=O)O. The van der Waals surface area contributed by atoms with Crippen LogP contribution in [0.15, 0.2) is 46.9 Å². The summed E-state index contributed by atoms with van der Waals surface area (Å²) in [5, 5.41) is 0.607. The van der Waals surface area contributed by atoms with Gasteiger partial charge in [-0.15, -0.1) is 0 Å². The molecule has 10 nitrogen and oxygen atoms in total. The summed E-state index contributed by atoms with van der Waals surface area (Å²) in [6, 6.07) is 12.3. The lowest BCUT2D eigenvalue weighted by Crippen LogP contribution is -2.28. The number of carbonyl (C=O) groups is 1. The van der Waals surface area contributed by atoms with Crippen LogP contribution in [-0.2, 0) is 26.6 Å². The molecular weight excluding hydrogens is 604 g/mol. The van der Waals surface area contributed by atoms with E-state index in [9.17, 15) is 21.6 Å². The highest BCUT2D eigenvalue weighted by Crippen LogP contribution is 2.32. The van der Waals surface area contributed by atoms with Gasteiger partial charge in [0.2, 0.25) is 10.0 Å². The second-order valence-corrected chi connectivity index (χ2v) is 14.1. The van der Waals surface area contributed by atoms with E-state index in [0.717, 1.165) is 50.9 Å². The zero-order chi connectivity index (χ0) is 32.8. The average Bonchev–Trinajstić information content (AvgIpc) is 3.30. The zero-order valence-corrected chi connectivity index (χ0v) is 28.2. The van der Waals surface area contributed by atoms with Crippen LogP contribution in [0.25, 0.3) is 11.0 Å². The molecule has 2 N–H and O–H groups in total. The first-order valence-corrected chi connectivity index (χ1v) is 18.9. The second kappa shape index (κ2) is 18.1. The van der Waals surface area contributed by atoms with Crippen LogP contribution in [0.3, 0.4) is 0 Å². The van der Waals surface area contributed by atoms with E-state index in [-0.39, 0.29) is 5.78 Å². The summed E-state index contributed by atoms with van der Waals surface area (Å²) >= 11 is 0. The van der Waals surface area contributed by atoms with E-state index in [1.807, 2.05) is 12.1 Å². The number of carbonyl (C=O) groups excluding carboxylic acids is 1. The number of hydrogen-bond donors (Lipinski definition) is 2. The van der Waals surface area contributed by atoms with Crippen molar-refractivity contribution in [3.63, 3.8) is 0 Å². The third kappa shape index (κ3) is 13.8. The van der Waals surface area contributed by atoms with E-state index in [4.69, 9.17) is 13.7 Å². The number of benzene rings is 2. The van der Waals surface area contributed by atoms with E-state index in [1.54, 1.807) is 30.3 Å². The maximum atomic E-state index is 13.7. The number of nitrogens with zero attached hydrogens (tertiary/aromatic N) is 1. The van der Waals surface area contributed by atoms with Crippen LogP contribution in [0.4, 0.5) is 5.69 Å². The van der Waals surface area contributed by atoms with Crippen LogP contribution in [0.2, 0.25) is 0 Å². The third-order valence-electron chi connectivity index (χ3n) is 6.71. The molecule has 44 heavy (non-hydrogen) atoms. The maximum Gasteiger partial charge on any atom is 0.261 e. The normalized spacial score (nSPS) is 11.8. The van der Waals surface area contributed by atoms with Gasteiger partial charge in [0.15, 0.2) is 5.78 Å². The monoisotopic (exact) mass is 652 g/mol. The predicted octanol–water partition coefficient (Wildman–Crippen LogP) is 6.55. The first-order valence-electron chi connectivity index (χ1n) is 15.2. The first-order chi connectivity index (χ1) is 20.8. The molecule has 0 bridgehead atoms. The molecule has 0 unspecified atom stereocenters. The van der Waals surface area contributed by atoms with Crippen molar-refractivity contribution in [1.29, 1.82) is 0 Å². The molecule has 1 aromatic heterocycles. The molecule has 0 radical (unpaired) electrons. The Kier molecular flexibility index (Phi) is 15.4. The number of unbranched alkanes of at least 4 members (excludes halogenated alkanes) is 3. The number of rotatable bonds is 18. The minimum Gasteiger partial charge on any atom is -0.494 e. The van der Waals surface area contributed by atoms with Gasteiger partial charge in [-0.1, -0.05) is 40.0 Å². The molecule has 3 aromatic rings. The molecule has 0 amide bonds. The first kappa shape index (κ1) is 37.3. The molecule has 0 aliphatic rings. The minimum absolute atomic E-state index is 0.148. The third-order valence-corrected chi connectivity index (χ3v) is 7.31. The summed E-state index contributed by atoms with van der Waals surface area (Å²) in [4.78, 5) is 16.2. The molecule has 0 saturated heterocycles. The van der Waals surface area contributed by atoms with Crippen LogP contribution < -0.4 is 9.46 Å². The Balaban J connectivity index is 0.00000125. The number of ether oxygens (including phenoxy) is 1. The van der Waals surface area contributed by atoms with Gasteiger partial charge in [-0.3, -0.25) is 14.1 Å². The summed E-state index contributed by atoms with van der Waals surface area (Å²) in [5.74, 6) is 1.22. The van der Waals surface area contributed by atoms with Crippen molar-refractivity contribution in [1.82, 2.24) is 4.90 Å². The van der Waals surface area contributed by atoms with Crippen LogP contribution in [0.1, 0.15) is 87.4 Å². The van der Waals surface area contributed by atoms with Gasteiger partial charge < -0.3 is 14.1 Å². The molecule has 12 heteroatoms. The Labute approximate surface area is 263 Å². The number of nitrogens with one attached hydrogen (secondary N) is 1. The summed E-state index contributed by atoms with van der Waals surface area (Å²) in [5.41, 5.74) is 1.99. The number of anilines is 1. The van der Waals surface area contributed by atoms with E-state index in [2.05, 4.69) is 30.4 Å². The lowest BCUT2D eigenvalue weighted by Gasteiger charge is -2.21. The Bertz CT molecular complexity index is 1520. The maximum absolute atomic E-state index is 13.7. The highest BCUT2D eigenvalue weighted by molar-refractivity contribution is 7.92. The fraction of sp³-hybridized carbons (Fsp3) is 0.531. The zero-order valence-electron chi connectivity index (χ0n) is 26.6. The quantitative estimate of drug-likeness (QED) is 0.0888. The molecule has 0 aliphatic heterocycles. The molecule has 2 aromatic carbocycles. The Morgan fingerprint density at radius 2 is 1.43 bits per heavy atom. The Hall–Kier alpha value is -2.93. The summed E-state index contributed by atoms with van der Waals surface area (Å²) in [6.45, 7) is 10.5. The second-order valence-electron chi connectivity index (χ2n) is 10.9. The van der Waals surface area contributed by atoms with Crippen molar-refractivity contribution >= 4 is 42.6 Å². The van der Waals surface area contributed by atoms with Gasteiger partial charge in [0.05, 0.1) is 24.7 Å².